The van der Waals surface area contributed by atoms with E-state index in [2.05, 4.69) is 21.8 Å². The first-order chi connectivity index (χ1) is 11.7. The number of nitrogens with zero attached hydrogens (tertiary/aromatic N) is 4. The van der Waals surface area contributed by atoms with Crippen LogP contribution >= 0.6 is 0 Å². The molecule has 0 spiro atoms. The van der Waals surface area contributed by atoms with E-state index in [1.165, 1.54) is 0 Å². The van der Waals surface area contributed by atoms with Gasteiger partial charge in [-0.2, -0.15) is 0 Å². The minimum absolute atomic E-state index is 0.0650. The summed E-state index contributed by atoms with van der Waals surface area (Å²) in [7, 11) is 2.12. The van der Waals surface area contributed by atoms with Gasteiger partial charge in [0.2, 0.25) is 0 Å². The standard InChI is InChI=1S/C18H28N4O2/c1-20-10-12-21(13-11-20)17-16(6-4-8-19-17)18(24)22-9-3-2-5-15(22)7-14-23/h4,6,8,15,23H,2-3,5,7,9-14H2,1H3. The molecule has 1 amide bonds. The number of piperazine rings is 1. The first-order valence-electron chi connectivity index (χ1n) is 9.01. The van der Waals surface area contributed by atoms with Crippen LogP contribution in [0.1, 0.15) is 36.0 Å². The van der Waals surface area contributed by atoms with Gasteiger partial charge in [-0.3, -0.25) is 4.79 Å². The van der Waals surface area contributed by atoms with Crippen molar-refractivity contribution in [1.82, 2.24) is 14.8 Å². The number of aromatic nitrogens is 1. The summed E-state index contributed by atoms with van der Waals surface area (Å²) < 4.78 is 0. The number of carbonyl (C=O) groups is 1. The van der Waals surface area contributed by atoms with Crippen LogP contribution in [-0.4, -0.2) is 78.2 Å². The van der Waals surface area contributed by atoms with Crippen molar-refractivity contribution in [2.75, 3.05) is 51.3 Å². The second kappa shape index (κ2) is 7.94. The van der Waals surface area contributed by atoms with Crippen LogP contribution in [0.15, 0.2) is 18.3 Å². The Bertz CT molecular complexity index is 556. The van der Waals surface area contributed by atoms with Gasteiger partial charge in [0.15, 0.2) is 0 Å². The van der Waals surface area contributed by atoms with Crippen molar-refractivity contribution in [1.29, 1.82) is 0 Å². The fourth-order valence-corrected chi connectivity index (χ4v) is 3.71. The van der Waals surface area contributed by atoms with E-state index in [1.54, 1.807) is 6.20 Å². The van der Waals surface area contributed by atoms with Crippen LogP contribution in [-0.2, 0) is 0 Å². The summed E-state index contributed by atoms with van der Waals surface area (Å²) in [6, 6.07) is 3.89. The number of hydrogen-bond acceptors (Lipinski definition) is 5. The number of rotatable bonds is 4. The van der Waals surface area contributed by atoms with Gasteiger partial charge in [-0.05, 0) is 44.9 Å². The highest BCUT2D eigenvalue weighted by atomic mass is 16.3. The van der Waals surface area contributed by atoms with Crippen LogP contribution in [0.25, 0.3) is 0 Å². The van der Waals surface area contributed by atoms with Crippen molar-refractivity contribution in [3.05, 3.63) is 23.9 Å². The molecule has 2 aliphatic rings. The minimum atomic E-state index is 0.0650. The van der Waals surface area contributed by atoms with Gasteiger partial charge in [-0.1, -0.05) is 0 Å². The van der Waals surface area contributed by atoms with Crippen molar-refractivity contribution in [2.24, 2.45) is 0 Å². The Labute approximate surface area is 144 Å². The van der Waals surface area contributed by atoms with Gasteiger partial charge in [0.25, 0.3) is 5.91 Å². The SMILES string of the molecule is CN1CCN(c2ncccc2C(=O)N2CCCCC2CCO)CC1. The third-order valence-corrected chi connectivity index (χ3v) is 5.17. The number of piperidine rings is 1. The molecule has 1 aromatic rings. The summed E-state index contributed by atoms with van der Waals surface area (Å²) >= 11 is 0. The molecule has 0 bridgehead atoms. The zero-order valence-corrected chi connectivity index (χ0v) is 14.5. The number of carbonyl (C=O) groups excluding carboxylic acids is 1. The Balaban J connectivity index is 1.81. The van der Waals surface area contributed by atoms with E-state index in [9.17, 15) is 9.90 Å². The summed E-state index contributed by atoms with van der Waals surface area (Å²) in [6.45, 7) is 4.68. The number of hydrogen-bond donors (Lipinski definition) is 1. The fourth-order valence-electron chi connectivity index (χ4n) is 3.71. The first kappa shape index (κ1) is 17.2. The van der Waals surface area contributed by atoms with Gasteiger partial charge in [0.05, 0.1) is 5.56 Å². The molecule has 6 heteroatoms. The molecular weight excluding hydrogens is 304 g/mol. The monoisotopic (exact) mass is 332 g/mol. The van der Waals surface area contributed by atoms with E-state index in [0.717, 1.165) is 57.8 Å². The maximum atomic E-state index is 13.2. The quantitative estimate of drug-likeness (QED) is 0.898. The Kier molecular flexibility index (Phi) is 5.68. The molecule has 0 aliphatic carbocycles. The van der Waals surface area contributed by atoms with Gasteiger partial charge in [-0.15, -0.1) is 0 Å². The van der Waals surface area contributed by atoms with E-state index >= 15 is 0 Å². The Hall–Kier alpha value is -1.66. The number of likely N-dealkylation sites (tertiary alicyclic amines) is 1. The molecule has 1 atom stereocenters. The number of aliphatic hydroxyl groups excluding tert-OH is 1. The lowest BCUT2D eigenvalue weighted by molar-refractivity contribution is 0.0574. The third-order valence-electron chi connectivity index (χ3n) is 5.17. The van der Waals surface area contributed by atoms with E-state index < -0.39 is 0 Å². The lowest BCUT2D eigenvalue weighted by Crippen LogP contribution is -2.47. The number of aliphatic hydroxyl groups is 1. The number of pyridine rings is 1. The van der Waals surface area contributed by atoms with Gasteiger partial charge < -0.3 is 19.8 Å². The molecule has 0 radical (unpaired) electrons. The molecule has 6 nitrogen and oxygen atoms in total. The highest BCUT2D eigenvalue weighted by molar-refractivity contribution is 5.99. The van der Waals surface area contributed by atoms with Crippen molar-refractivity contribution in [3.8, 4) is 0 Å². The Morgan fingerprint density at radius 2 is 2.04 bits per heavy atom. The molecule has 2 saturated heterocycles. The predicted molar refractivity (Wildman–Crippen MR) is 94.3 cm³/mol. The van der Waals surface area contributed by atoms with E-state index in [0.29, 0.717) is 12.0 Å². The van der Waals surface area contributed by atoms with Crippen LogP contribution in [0, 0.1) is 0 Å². The van der Waals surface area contributed by atoms with Crippen molar-refractivity contribution in [2.45, 2.75) is 31.7 Å². The summed E-state index contributed by atoms with van der Waals surface area (Å²) in [5.41, 5.74) is 0.701. The molecule has 1 aromatic heterocycles. The predicted octanol–water partition coefficient (Wildman–Crippen LogP) is 1.21. The number of anilines is 1. The summed E-state index contributed by atoms with van der Waals surface area (Å²) in [5.74, 6) is 0.874. The van der Waals surface area contributed by atoms with Crippen LogP contribution in [0.3, 0.4) is 0 Å². The molecule has 1 unspecified atom stereocenters. The Morgan fingerprint density at radius 3 is 2.79 bits per heavy atom. The molecular formula is C18H28N4O2. The Morgan fingerprint density at radius 1 is 1.25 bits per heavy atom. The second-order valence-electron chi connectivity index (χ2n) is 6.83. The van der Waals surface area contributed by atoms with Crippen molar-refractivity contribution >= 4 is 11.7 Å². The van der Waals surface area contributed by atoms with Gasteiger partial charge >= 0.3 is 0 Å². The third kappa shape index (κ3) is 3.70. The molecule has 2 fully saturated rings. The fraction of sp³-hybridized carbons (Fsp3) is 0.667. The van der Waals surface area contributed by atoms with Crippen LogP contribution in [0.2, 0.25) is 0 Å². The molecule has 3 rings (SSSR count). The average Bonchev–Trinajstić information content (AvgIpc) is 2.63. The van der Waals surface area contributed by atoms with Crippen molar-refractivity contribution < 1.29 is 9.90 Å². The molecule has 24 heavy (non-hydrogen) atoms. The van der Waals surface area contributed by atoms with Gasteiger partial charge in [0, 0.05) is 51.6 Å². The lowest BCUT2D eigenvalue weighted by Gasteiger charge is -2.37. The maximum absolute atomic E-state index is 13.2. The normalized spacial score (nSPS) is 22.7. The van der Waals surface area contributed by atoms with Crippen molar-refractivity contribution in [3.63, 3.8) is 0 Å². The van der Waals surface area contributed by atoms with E-state index in [1.807, 2.05) is 17.0 Å². The lowest BCUT2D eigenvalue weighted by atomic mass is 9.98. The van der Waals surface area contributed by atoms with Crippen LogP contribution in [0.4, 0.5) is 5.82 Å². The highest BCUT2D eigenvalue weighted by Crippen LogP contribution is 2.26. The summed E-state index contributed by atoms with van der Waals surface area (Å²) in [6.07, 6.45) is 5.59. The minimum Gasteiger partial charge on any atom is -0.396 e. The van der Waals surface area contributed by atoms with Gasteiger partial charge in [-0.25, -0.2) is 4.98 Å². The second-order valence-corrected chi connectivity index (χ2v) is 6.83. The number of likely N-dealkylation sites (N-methyl/N-ethyl adjacent to an activating group) is 1. The largest absolute Gasteiger partial charge is 0.396 e. The smallest absolute Gasteiger partial charge is 0.257 e. The zero-order valence-electron chi connectivity index (χ0n) is 14.5. The van der Waals surface area contributed by atoms with E-state index in [-0.39, 0.29) is 18.6 Å². The van der Waals surface area contributed by atoms with E-state index in [4.69, 9.17) is 0 Å². The number of amides is 1. The molecule has 0 aromatic carbocycles. The average molecular weight is 332 g/mol. The van der Waals surface area contributed by atoms with Crippen LogP contribution in [0.5, 0.6) is 0 Å². The van der Waals surface area contributed by atoms with Crippen LogP contribution < -0.4 is 4.90 Å². The molecule has 3 heterocycles. The van der Waals surface area contributed by atoms with Gasteiger partial charge in [0.1, 0.15) is 5.82 Å². The first-order valence-corrected chi connectivity index (χ1v) is 9.01. The highest BCUT2D eigenvalue weighted by Gasteiger charge is 2.30. The maximum Gasteiger partial charge on any atom is 0.257 e. The summed E-state index contributed by atoms with van der Waals surface area (Å²) in [5, 5.41) is 9.31. The zero-order chi connectivity index (χ0) is 16.9. The topological polar surface area (TPSA) is 59.9 Å². The molecule has 0 saturated carbocycles. The molecule has 2 aliphatic heterocycles. The summed E-state index contributed by atoms with van der Waals surface area (Å²) in [4.78, 5) is 24.2. The molecule has 132 valence electrons. The molecule has 1 N–H and O–H groups in total.